The molecule has 1 aliphatic heterocycles. The first-order valence-corrected chi connectivity index (χ1v) is 7.23. The molecule has 1 aromatic rings. The van der Waals surface area contributed by atoms with Crippen LogP contribution in [0.15, 0.2) is 18.2 Å². The van der Waals surface area contributed by atoms with E-state index in [1.807, 2.05) is 23.9 Å². The quantitative estimate of drug-likeness (QED) is 0.897. The van der Waals surface area contributed by atoms with Gasteiger partial charge in [-0.2, -0.15) is 11.8 Å². The SMILES string of the molecule is NCc1cccc(CN2CCCSCC2)c1F. The van der Waals surface area contributed by atoms with Crippen LogP contribution in [0.3, 0.4) is 0 Å². The first-order valence-electron chi connectivity index (χ1n) is 6.07. The average Bonchev–Trinajstić information content (AvgIpc) is 2.60. The van der Waals surface area contributed by atoms with Gasteiger partial charge in [-0.3, -0.25) is 4.90 Å². The van der Waals surface area contributed by atoms with Gasteiger partial charge in [-0.1, -0.05) is 18.2 Å². The second-order valence-electron chi connectivity index (χ2n) is 4.34. The molecule has 0 aromatic heterocycles. The number of thioether (sulfide) groups is 1. The summed E-state index contributed by atoms with van der Waals surface area (Å²) in [6.07, 6.45) is 1.20. The van der Waals surface area contributed by atoms with Gasteiger partial charge in [0.15, 0.2) is 0 Å². The Labute approximate surface area is 106 Å². The van der Waals surface area contributed by atoms with E-state index in [4.69, 9.17) is 5.73 Å². The molecular weight excluding hydrogens is 235 g/mol. The molecule has 1 heterocycles. The summed E-state index contributed by atoms with van der Waals surface area (Å²) in [5.74, 6) is 2.26. The van der Waals surface area contributed by atoms with Crippen LogP contribution in [0, 0.1) is 5.82 Å². The molecule has 0 spiro atoms. The van der Waals surface area contributed by atoms with Crippen molar-refractivity contribution in [3.05, 3.63) is 35.1 Å². The Hall–Kier alpha value is -0.580. The fourth-order valence-electron chi connectivity index (χ4n) is 2.11. The third-order valence-corrected chi connectivity index (χ3v) is 4.14. The predicted octanol–water partition coefficient (Wildman–Crippen LogP) is 2.22. The summed E-state index contributed by atoms with van der Waals surface area (Å²) in [6, 6.07) is 5.52. The lowest BCUT2D eigenvalue weighted by atomic mass is 10.1. The zero-order chi connectivity index (χ0) is 12.1. The van der Waals surface area contributed by atoms with Crippen molar-refractivity contribution in [1.29, 1.82) is 0 Å². The van der Waals surface area contributed by atoms with Crippen molar-refractivity contribution in [2.24, 2.45) is 5.73 Å². The Morgan fingerprint density at radius 3 is 2.88 bits per heavy atom. The van der Waals surface area contributed by atoms with Gasteiger partial charge in [0.25, 0.3) is 0 Å². The van der Waals surface area contributed by atoms with E-state index >= 15 is 0 Å². The normalized spacial score (nSPS) is 18.0. The van der Waals surface area contributed by atoms with Gasteiger partial charge in [0.2, 0.25) is 0 Å². The van der Waals surface area contributed by atoms with Crippen LogP contribution in [0.1, 0.15) is 17.5 Å². The van der Waals surface area contributed by atoms with Crippen LogP contribution in [-0.2, 0) is 13.1 Å². The zero-order valence-electron chi connectivity index (χ0n) is 9.99. The van der Waals surface area contributed by atoms with Crippen molar-refractivity contribution in [2.45, 2.75) is 19.5 Å². The summed E-state index contributed by atoms with van der Waals surface area (Å²) in [6.45, 7) is 3.10. The lowest BCUT2D eigenvalue weighted by Crippen LogP contribution is -2.26. The minimum Gasteiger partial charge on any atom is -0.326 e. The molecule has 2 nitrogen and oxygen atoms in total. The molecule has 0 amide bonds. The largest absolute Gasteiger partial charge is 0.326 e. The molecule has 94 valence electrons. The van der Waals surface area contributed by atoms with Gasteiger partial charge in [0.05, 0.1) is 0 Å². The van der Waals surface area contributed by atoms with E-state index < -0.39 is 0 Å². The molecule has 0 atom stereocenters. The van der Waals surface area contributed by atoms with Crippen LogP contribution >= 0.6 is 11.8 Å². The molecule has 0 saturated carbocycles. The number of halogens is 1. The van der Waals surface area contributed by atoms with Crippen molar-refractivity contribution in [2.75, 3.05) is 24.6 Å². The van der Waals surface area contributed by atoms with Crippen LogP contribution in [0.25, 0.3) is 0 Å². The highest BCUT2D eigenvalue weighted by Gasteiger charge is 2.13. The highest BCUT2D eigenvalue weighted by molar-refractivity contribution is 7.99. The topological polar surface area (TPSA) is 29.3 Å². The van der Waals surface area contributed by atoms with Crippen molar-refractivity contribution >= 4 is 11.8 Å². The van der Waals surface area contributed by atoms with Gasteiger partial charge < -0.3 is 5.73 Å². The molecule has 0 radical (unpaired) electrons. The minimum atomic E-state index is -0.119. The number of benzene rings is 1. The molecule has 4 heteroatoms. The van der Waals surface area contributed by atoms with Crippen LogP contribution in [0.4, 0.5) is 4.39 Å². The van der Waals surface area contributed by atoms with E-state index in [1.165, 1.54) is 12.2 Å². The molecule has 1 aromatic carbocycles. The van der Waals surface area contributed by atoms with Crippen LogP contribution in [-0.4, -0.2) is 29.5 Å². The highest BCUT2D eigenvalue weighted by atomic mass is 32.2. The van der Waals surface area contributed by atoms with Gasteiger partial charge in [0, 0.05) is 36.5 Å². The molecule has 0 unspecified atom stereocenters. The van der Waals surface area contributed by atoms with E-state index in [9.17, 15) is 4.39 Å². The summed E-state index contributed by atoms with van der Waals surface area (Å²) >= 11 is 1.99. The molecule has 0 aliphatic carbocycles. The molecule has 1 fully saturated rings. The van der Waals surface area contributed by atoms with E-state index in [1.54, 1.807) is 6.07 Å². The van der Waals surface area contributed by atoms with E-state index in [0.717, 1.165) is 24.4 Å². The second kappa shape index (κ2) is 6.38. The number of hydrogen-bond acceptors (Lipinski definition) is 3. The maximum Gasteiger partial charge on any atom is 0.132 e. The fraction of sp³-hybridized carbons (Fsp3) is 0.538. The second-order valence-corrected chi connectivity index (χ2v) is 5.56. The summed E-state index contributed by atoms with van der Waals surface area (Å²) in [5, 5.41) is 0. The van der Waals surface area contributed by atoms with E-state index in [-0.39, 0.29) is 12.4 Å². The fourth-order valence-corrected chi connectivity index (χ4v) is 3.03. The Kier molecular flexibility index (Phi) is 4.83. The summed E-state index contributed by atoms with van der Waals surface area (Å²) in [4.78, 5) is 2.33. The summed E-state index contributed by atoms with van der Waals surface area (Å²) in [5.41, 5.74) is 6.92. The van der Waals surface area contributed by atoms with Gasteiger partial charge in [-0.05, 0) is 18.7 Å². The number of hydrogen-bond donors (Lipinski definition) is 1. The van der Waals surface area contributed by atoms with Gasteiger partial charge in [-0.25, -0.2) is 4.39 Å². The minimum absolute atomic E-state index is 0.119. The third-order valence-electron chi connectivity index (χ3n) is 3.09. The van der Waals surface area contributed by atoms with Crippen molar-refractivity contribution in [3.63, 3.8) is 0 Å². The Morgan fingerprint density at radius 1 is 1.24 bits per heavy atom. The van der Waals surface area contributed by atoms with E-state index in [0.29, 0.717) is 12.1 Å². The maximum absolute atomic E-state index is 14.0. The smallest absolute Gasteiger partial charge is 0.132 e. The molecule has 0 bridgehead atoms. The number of rotatable bonds is 3. The number of nitrogens with two attached hydrogens (primary N) is 1. The maximum atomic E-state index is 14.0. The van der Waals surface area contributed by atoms with Gasteiger partial charge in [-0.15, -0.1) is 0 Å². The Morgan fingerprint density at radius 2 is 2.06 bits per heavy atom. The molecule has 17 heavy (non-hydrogen) atoms. The molecule has 1 aliphatic rings. The standard InChI is InChI=1S/C13H19FN2S/c14-13-11(9-15)3-1-4-12(13)10-16-5-2-7-17-8-6-16/h1,3-4H,2,5-10,15H2. The highest BCUT2D eigenvalue weighted by Crippen LogP contribution is 2.17. The number of nitrogens with zero attached hydrogens (tertiary/aromatic N) is 1. The molecule has 2 rings (SSSR count). The predicted molar refractivity (Wildman–Crippen MR) is 71.5 cm³/mol. The first-order chi connectivity index (χ1) is 8.31. The van der Waals surface area contributed by atoms with Crippen molar-refractivity contribution < 1.29 is 4.39 Å². The monoisotopic (exact) mass is 254 g/mol. The lowest BCUT2D eigenvalue weighted by Gasteiger charge is -2.20. The van der Waals surface area contributed by atoms with Crippen LogP contribution in [0.2, 0.25) is 0 Å². The molecular formula is C13H19FN2S. The van der Waals surface area contributed by atoms with Crippen molar-refractivity contribution in [3.8, 4) is 0 Å². The van der Waals surface area contributed by atoms with Gasteiger partial charge in [0.1, 0.15) is 5.82 Å². The van der Waals surface area contributed by atoms with Crippen LogP contribution in [0.5, 0.6) is 0 Å². The summed E-state index contributed by atoms with van der Waals surface area (Å²) in [7, 11) is 0. The lowest BCUT2D eigenvalue weighted by molar-refractivity contribution is 0.283. The zero-order valence-corrected chi connectivity index (χ0v) is 10.8. The first kappa shape index (κ1) is 12.9. The summed E-state index contributed by atoms with van der Waals surface area (Å²) < 4.78 is 14.0. The van der Waals surface area contributed by atoms with E-state index in [2.05, 4.69) is 4.90 Å². The van der Waals surface area contributed by atoms with Crippen molar-refractivity contribution in [1.82, 2.24) is 4.90 Å². The average molecular weight is 254 g/mol. The third kappa shape index (κ3) is 3.44. The Bertz CT molecular complexity index is 362. The Balaban J connectivity index is 2.06. The molecule has 1 saturated heterocycles. The van der Waals surface area contributed by atoms with Gasteiger partial charge >= 0.3 is 0 Å². The molecule has 2 N–H and O–H groups in total. The van der Waals surface area contributed by atoms with Crippen LogP contribution < -0.4 is 5.73 Å².